The minimum absolute atomic E-state index is 0.118. The number of rotatable bonds is 11. The number of hydrogen-bond acceptors (Lipinski definition) is 4. The van der Waals surface area contributed by atoms with E-state index in [0.717, 1.165) is 25.7 Å². The lowest BCUT2D eigenvalue weighted by atomic mass is 10.4. The fraction of sp³-hybridized carbons (Fsp3) is 0.833. The fourth-order valence-electron chi connectivity index (χ4n) is 1.09. The monoisotopic (exact) mass is 264 g/mol. The van der Waals surface area contributed by atoms with Gasteiger partial charge in [0.15, 0.2) is 0 Å². The molecule has 0 N–H and O–H groups in total. The molecule has 0 rings (SSSR count). The van der Waals surface area contributed by atoms with Crippen LogP contribution in [0.25, 0.3) is 0 Å². The predicted molar refractivity (Wildman–Crippen MR) is 70.1 cm³/mol. The molecule has 102 valence electrons. The SMILES string of the molecule is C=C(OCC)P(=O)(OCCCC)OCCCC. The quantitative estimate of drug-likeness (QED) is 0.317. The van der Waals surface area contributed by atoms with Gasteiger partial charge in [-0.1, -0.05) is 26.7 Å². The second-order valence-corrected chi connectivity index (χ2v) is 5.71. The number of unbranched alkanes of at least 4 members (excludes halogenated alkanes) is 2. The molecular formula is C12H25O4P. The molecule has 0 aromatic carbocycles. The Morgan fingerprint density at radius 1 is 1.06 bits per heavy atom. The largest absolute Gasteiger partial charge is 0.487 e. The minimum atomic E-state index is -3.30. The first-order valence-electron chi connectivity index (χ1n) is 6.32. The molecule has 0 aliphatic carbocycles. The van der Waals surface area contributed by atoms with E-state index in [9.17, 15) is 4.57 Å². The van der Waals surface area contributed by atoms with Crippen molar-refractivity contribution in [1.29, 1.82) is 0 Å². The molecule has 5 heteroatoms. The molecule has 17 heavy (non-hydrogen) atoms. The summed E-state index contributed by atoms with van der Waals surface area (Å²) in [6.45, 7) is 10.8. The Morgan fingerprint density at radius 2 is 1.53 bits per heavy atom. The molecule has 0 bridgehead atoms. The average molecular weight is 264 g/mol. The third-order valence-corrected chi connectivity index (χ3v) is 3.92. The van der Waals surface area contributed by atoms with Crippen LogP contribution in [0.2, 0.25) is 0 Å². The zero-order valence-corrected chi connectivity index (χ0v) is 12.1. The van der Waals surface area contributed by atoms with Crippen molar-refractivity contribution in [3.63, 3.8) is 0 Å². The fourth-order valence-corrected chi connectivity index (χ4v) is 2.47. The Hall–Kier alpha value is -0.310. The maximum Gasteiger partial charge on any atom is 0.395 e. The summed E-state index contributed by atoms with van der Waals surface area (Å²) in [6, 6.07) is 0. The molecular weight excluding hydrogens is 239 g/mol. The Balaban J connectivity index is 4.34. The van der Waals surface area contributed by atoms with Gasteiger partial charge < -0.3 is 13.8 Å². The van der Waals surface area contributed by atoms with Gasteiger partial charge in [0.05, 0.1) is 19.8 Å². The Morgan fingerprint density at radius 3 is 1.88 bits per heavy atom. The van der Waals surface area contributed by atoms with Crippen LogP contribution in [0.1, 0.15) is 46.5 Å². The molecule has 0 aromatic rings. The van der Waals surface area contributed by atoms with Crippen LogP contribution in [0.5, 0.6) is 0 Å². The molecule has 0 aromatic heterocycles. The maximum absolute atomic E-state index is 12.4. The van der Waals surface area contributed by atoms with Gasteiger partial charge in [-0.15, -0.1) is 0 Å². The van der Waals surface area contributed by atoms with Gasteiger partial charge in [-0.25, -0.2) is 0 Å². The van der Waals surface area contributed by atoms with E-state index in [-0.39, 0.29) is 5.50 Å². The smallest absolute Gasteiger partial charge is 0.395 e. The Labute approximate surface area is 105 Å². The van der Waals surface area contributed by atoms with E-state index in [2.05, 4.69) is 6.58 Å². The summed E-state index contributed by atoms with van der Waals surface area (Å²) in [5.41, 5.74) is 0.118. The summed E-state index contributed by atoms with van der Waals surface area (Å²) in [4.78, 5) is 0. The molecule has 0 spiro atoms. The molecule has 0 radical (unpaired) electrons. The molecule has 0 aliphatic rings. The van der Waals surface area contributed by atoms with E-state index in [1.807, 2.05) is 20.8 Å². The van der Waals surface area contributed by atoms with E-state index in [0.29, 0.717) is 19.8 Å². The van der Waals surface area contributed by atoms with Gasteiger partial charge in [0.2, 0.25) is 5.50 Å². The van der Waals surface area contributed by atoms with E-state index in [1.54, 1.807) is 0 Å². The van der Waals surface area contributed by atoms with Crippen molar-refractivity contribution in [3.8, 4) is 0 Å². The van der Waals surface area contributed by atoms with Crippen LogP contribution >= 0.6 is 7.60 Å². The van der Waals surface area contributed by atoms with Crippen molar-refractivity contribution >= 4 is 7.60 Å². The van der Waals surface area contributed by atoms with E-state index < -0.39 is 7.60 Å². The van der Waals surface area contributed by atoms with Gasteiger partial charge in [-0.2, -0.15) is 0 Å². The van der Waals surface area contributed by atoms with Gasteiger partial charge in [0, 0.05) is 0 Å². The molecule has 0 atom stereocenters. The van der Waals surface area contributed by atoms with Crippen LogP contribution in [-0.2, 0) is 18.3 Å². The third kappa shape index (κ3) is 6.87. The van der Waals surface area contributed by atoms with Gasteiger partial charge in [0.25, 0.3) is 0 Å². The highest BCUT2D eigenvalue weighted by Gasteiger charge is 2.30. The highest BCUT2D eigenvalue weighted by atomic mass is 31.2. The third-order valence-electron chi connectivity index (χ3n) is 2.13. The summed E-state index contributed by atoms with van der Waals surface area (Å²) in [5.74, 6) is 0. The van der Waals surface area contributed by atoms with Gasteiger partial charge in [-0.05, 0) is 26.3 Å². The summed E-state index contributed by atoms with van der Waals surface area (Å²) in [7, 11) is -3.30. The zero-order chi connectivity index (χ0) is 13.1. The summed E-state index contributed by atoms with van der Waals surface area (Å²) >= 11 is 0. The second kappa shape index (κ2) is 9.69. The van der Waals surface area contributed by atoms with Crippen molar-refractivity contribution in [2.45, 2.75) is 46.5 Å². The molecule has 0 unspecified atom stereocenters. The number of hydrogen-bond donors (Lipinski definition) is 0. The first kappa shape index (κ1) is 16.7. The molecule has 0 saturated heterocycles. The molecule has 0 aliphatic heterocycles. The van der Waals surface area contributed by atoms with Crippen molar-refractivity contribution in [2.75, 3.05) is 19.8 Å². The highest BCUT2D eigenvalue weighted by Crippen LogP contribution is 2.55. The molecule has 0 fully saturated rings. The molecule has 0 saturated carbocycles. The lowest BCUT2D eigenvalue weighted by molar-refractivity contribution is 0.172. The first-order chi connectivity index (χ1) is 8.10. The summed E-state index contributed by atoms with van der Waals surface area (Å²) < 4.78 is 28.2. The highest BCUT2D eigenvalue weighted by molar-refractivity contribution is 7.58. The molecule has 0 heterocycles. The van der Waals surface area contributed by atoms with Crippen molar-refractivity contribution in [3.05, 3.63) is 12.1 Å². The van der Waals surface area contributed by atoms with Crippen molar-refractivity contribution in [1.82, 2.24) is 0 Å². The maximum atomic E-state index is 12.4. The van der Waals surface area contributed by atoms with Gasteiger partial charge in [-0.3, -0.25) is 4.57 Å². The van der Waals surface area contributed by atoms with Gasteiger partial charge >= 0.3 is 7.60 Å². The first-order valence-corrected chi connectivity index (χ1v) is 7.86. The Kier molecular flexibility index (Phi) is 9.52. The minimum Gasteiger partial charge on any atom is -0.487 e. The van der Waals surface area contributed by atoms with Crippen LogP contribution in [0, 0.1) is 0 Å². The topological polar surface area (TPSA) is 44.8 Å². The summed E-state index contributed by atoms with van der Waals surface area (Å²) in [5, 5.41) is 0. The van der Waals surface area contributed by atoms with Crippen molar-refractivity contribution in [2.24, 2.45) is 0 Å². The summed E-state index contributed by atoms with van der Waals surface area (Å²) in [6.07, 6.45) is 3.66. The van der Waals surface area contributed by atoms with Crippen LogP contribution < -0.4 is 0 Å². The molecule has 4 nitrogen and oxygen atoms in total. The Bertz CT molecular complexity index is 239. The second-order valence-electron chi connectivity index (χ2n) is 3.70. The van der Waals surface area contributed by atoms with Crippen LogP contribution in [-0.4, -0.2) is 19.8 Å². The van der Waals surface area contributed by atoms with Crippen molar-refractivity contribution < 1.29 is 18.3 Å². The van der Waals surface area contributed by atoms with E-state index in [4.69, 9.17) is 13.8 Å². The predicted octanol–water partition coefficient (Wildman–Crippen LogP) is 4.32. The lowest BCUT2D eigenvalue weighted by Crippen LogP contribution is -2.03. The zero-order valence-electron chi connectivity index (χ0n) is 11.2. The van der Waals surface area contributed by atoms with Gasteiger partial charge in [0.1, 0.15) is 0 Å². The normalized spacial score (nSPS) is 11.5. The lowest BCUT2D eigenvalue weighted by Gasteiger charge is -2.20. The van der Waals surface area contributed by atoms with E-state index in [1.165, 1.54) is 0 Å². The van der Waals surface area contributed by atoms with Crippen LogP contribution in [0.15, 0.2) is 12.1 Å². The number of ether oxygens (including phenoxy) is 1. The standard InChI is InChI=1S/C12H25O4P/c1-5-8-10-15-17(13,12(4)14-7-3)16-11-9-6-2/h4-11H2,1-3H3. The molecule has 0 amide bonds. The average Bonchev–Trinajstić information content (AvgIpc) is 2.30. The van der Waals surface area contributed by atoms with Crippen LogP contribution in [0.3, 0.4) is 0 Å². The van der Waals surface area contributed by atoms with E-state index >= 15 is 0 Å². The van der Waals surface area contributed by atoms with Crippen LogP contribution in [0.4, 0.5) is 0 Å².